The minimum Gasteiger partial charge on any atom is -0.490 e. The number of nitrogens with one attached hydrogen (secondary N) is 1. The Morgan fingerprint density at radius 1 is 0.963 bits per heavy atom. The lowest BCUT2D eigenvalue weighted by atomic mass is 9.86. The first-order valence-corrected chi connectivity index (χ1v) is 9.57. The predicted molar refractivity (Wildman–Crippen MR) is 110 cm³/mol. The van der Waals surface area contributed by atoms with Gasteiger partial charge >= 0.3 is 0 Å². The van der Waals surface area contributed by atoms with Crippen LogP contribution in [0.5, 0.6) is 11.5 Å². The summed E-state index contributed by atoms with van der Waals surface area (Å²) in [4.78, 5) is 12.7. The molecule has 0 bridgehead atoms. The van der Waals surface area contributed by atoms with Crippen LogP contribution in [0, 0.1) is 0 Å². The van der Waals surface area contributed by atoms with Crippen LogP contribution in [0.1, 0.15) is 69.1 Å². The van der Waals surface area contributed by atoms with Gasteiger partial charge in [0.2, 0.25) is 0 Å². The smallest absolute Gasteiger partial charge is 0.251 e. The summed E-state index contributed by atoms with van der Waals surface area (Å²) < 4.78 is 11.2. The van der Waals surface area contributed by atoms with Gasteiger partial charge in [0.05, 0.1) is 19.3 Å². The van der Waals surface area contributed by atoms with Crippen LogP contribution in [-0.2, 0) is 5.41 Å². The van der Waals surface area contributed by atoms with Crippen molar-refractivity contribution in [3.63, 3.8) is 0 Å². The van der Waals surface area contributed by atoms with Gasteiger partial charge in [0.25, 0.3) is 5.91 Å². The minimum atomic E-state index is -0.133. The van der Waals surface area contributed by atoms with E-state index in [-0.39, 0.29) is 17.4 Å². The molecule has 0 aliphatic heterocycles. The van der Waals surface area contributed by atoms with Crippen LogP contribution < -0.4 is 14.8 Å². The van der Waals surface area contributed by atoms with E-state index in [4.69, 9.17) is 9.47 Å². The van der Waals surface area contributed by atoms with Gasteiger partial charge in [0.1, 0.15) is 0 Å². The largest absolute Gasteiger partial charge is 0.490 e. The van der Waals surface area contributed by atoms with Crippen molar-refractivity contribution in [3.8, 4) is 11.5 Å². The third kappa shape index (κ3) is 5.49. The van der Waals surface area contributed by atoms with Crippen molar-refractivity contribution in [3.05, 3.63) is 59.2 Å². The zero-order valence-corrected chi connectivity index (χ0v) is 17.3. The van der Waals surface area contributed by atoms with Crippen LogP contribution in [0.25, 0.3) is 0 Å². The van der Waals surface area contributed by atoms with Gasteiger partial charge in [-0.2, -0.15) is 0 Å². The SMILES string of the molecule is CCOc1ccc(C(=O)N[C@H](C)c2ccc(C(C)(C)C)cc2)cc1OCC. The molecule has 4 nitrogen and oxygen atoms in total. The lowest BCUT2D eigenvalue weighted by Crippen LogP contribution is -2.26. The molecule has 0 unspecified atom stereocenters. The van der Waals surface area contributed by atoms with E-state index < -0.39 is 0 Å². The fraction of sp³-hybridized carbons (Fsp3) is 0.435. The molecule has 146 valence electrons. The van der Waals surface area contributed by atoms with Crippen molar-refractivity contribution in [2.45, 2.75) is 53.0 Å². The number of amides is 1. The van der Waals surface area contributed by atoms with Crippen LogP contribution in [-0.4, -0.2) is 19.1 Å². The maximum Gasteiger partial charge on any atom is 0.251 e. The molecule has 27 heavy (non-hydrogen) atoms. The highest BCUT2D eigenvalue weighted by atomic mass is 16.5. The van der Waals surface area contributed by atoms with E-state index in [2.05, 4.69) is 50.4 Å². The molecule has 1 atom stereocenters. The van der Waals surface area contributed by atoms with E-state index in [0.717, 1.165) is 5.56 Å². The zero-order chi connectivity index (χ0) is 20.0. The maximum atomic E-state index is 12.7. The van der Waals surface area contributed by atoms with Gasteiger partial charge in [-0.1, -0.05) is 45.0 Å². The highest BCUT2D eigenvalue weighted by Crippen LogP contribution is 2.29. The van der Waals surface area contributed by atoms with Crippen molar-refractivity contribution < 1.29 is 14.3 Å². The Kier molecular flexibility index (Phi) is 6.89. The average molecular weight is 370 g/mol. The van der Waals surface area contributed by atoms with Crippen molar-refractivity contribution in [1.82, 2.24) is 5.32 Å². The van der Waals surface area contributed by atoms with Gasteiger partial charge in [-0.15, -0.1) is 0 Å². The summed E-state index contributed by atoms with van der Waals surface area (Å²) >= 11 is 0. The number of benzene rings is 2. The van der Waals surface area contributed by atoms with Crippen LogP contribution in [0.15, 0.2) is 42.5 Å². The molecule has 0 aliphatic rings. The molecule has 0 saturated carbocycles. The molecular weight excluding hydrogens is 338 g/mol. The van der Waals surface area contributed by atoms with Gasteiger partial charge in [-0.3, -0.25) is 4.79 Å². The van der Waals surface area contributed by atoms with E-state index in [1.165, 1.54) is 5.56 Å². The molecule has 0 aliphatic carbocycles. The number of hydrogen-bond donors (Lipinski definition) is 1. The topological polar surface area (TPSA) is 47.6 Å². The van der Waals surface area contributed by atoms with Gasteiger partial charge in [-0.25, -0.2) is 0 Å². The summed E-state index contributed by atoms with van der Waals surface area (Å²) in [6.07, 6.45) is 0. The Balaban J connectivity index is 2.12. The number of hydrogen-bond acceptors (Lipinski definition) is 3. The first-order valence-electron chi connectivity index (χ1n) is 9.57. The summed E-state index contributed by atoms with van der Waals surface area (Å²) in [6, 6.07) is 13.6. The van der Waals surface area contributed by atoms with Gasteiger partial charge < -0.3 is 14.8 Å². The Morgan fingerprint density at radius 2 is 1.56 bits per heavy atom. The average Bonchev–Trinajstić information content (AvgIpc) is 2.63. The fourth-order valence-electron chi connectivity index (χ4n) is 2.83. The summed E-state index contributed by atoms with van der Waals surface area (Å²) in [5.74, 6) is 1.11. The molecule has 0 radical (unpaired) electrons. The standard InChI is InChI=1S/C23H31NO3/c1-7-26-20-14-11-18(15-21(20)27-8-2)22(25)24-16(3)17-9-12-19(13-10-17)23(4,5)6/h9-16H,7-8H2,1-6H3,(H,24,25)/t16-/m1/s1. The lowest BCUT2D eigenvalue weighted by molar-refractivity contribution is 0.0939. The van der Waals surface area contributed by atoms with Crippen molar-refractivity contribution in [2.75, 3.05) is 13.2 Å². The van der Waals surface area contributed by atoms with E-state index in [1.807, 2.05) is 20.8 Å². The summed E-state index contributed by atoms with van der Waals surface area (Å²) in [7, 11) is 0. The van der Waals surface area contributed by atoms with Crippen molar-refractivity contribution in [1.29, 1.82) is 0 Å². The molecule has 0 heterocycles. The highest BCUT2D eigenvalue weighted by molar-refractivity contribution is 5.95. The van der Waals surface area contributed by atoms with Crippen molar-refractivity contribution >= 4 is 5.91 Å². The number of rotatable bonds is 7. The highest BCUT2D eigenvalue weighted by Gasteiger charge is 2.16. The van der Waals surface area contributed by atoms with Crippen LogP contribution >= 0.6 is 0 Å². The number of carbonyl (C=O) groups excluding carboxylic acids is 1. The molecule has 2 aromatic carbocycles. The molecule has 2 rings (SSSR count). The second kappa shape index (κ2) is 8.94. The second-order valence-electron chi connectivity index (χ2n) is 7.59. The molecular formula is C23H31NO3. The first kappa shape index (κ1) is 20.8. The quantitative estimate of drug-likeness (QED) is 0.723. The van der Waals surface area contributed by atoms with Crippen molar-refractivity contribution in [2.24, 2.45) is 0 Å². The molecule has 0 aromatic heterocycles. The van der Waals surface area contributed by atoms with Crippen LogP contribution in [0.4, 0.5) is 0 Å². The van der Waals surface area contributed by atoms with Gasteiger partial charge in [0.15, 0.2) is 11.5 Å². The summed E-state index contributed by atoms with van der Waals surface area (Å²) in [5.41, 5.74) is 3.02. The normalized spacial score (nSPS) is 12.4. The second-order valence-corrected chi connectivity index (χ2v) is 7.59. The van der Waals surface area contributed by atoms with E-state index in [1.54, 1.807) is 18.2 Å². The third-order valence-corrected chi connectivity index (χ3v) is 4.43. The Morgan fingerprint density at radius 3 is 2.11 bits per heavy atom. The predicted octanol–water partition coefficient (Wildman–Crippen LogP) is 5.27. The molecule has 1 N–H and O–H groups in total. The minimum absolute atomic E-state index is 0.0892. The van der Waals surface area contributed by atoms with E-state index in [9.17, 15) is 4.79 Å². The molecule has 0 saturated heterocycles. The molecule has 0 fully saturated rings. The van der Waals surface area contributed by atoms with Crippen LogP contribution in [0.3, 0.4) is 0 Å². The lowest BCUT2D eigenvalue weighted by Gasteiger charge is -2.21. The molecule has 4 heteroatoms. The fourth-order valence-corrected chi connectivity index (χ4v) is 2.83. The monoisotopic (exact) mass is 369 g/mol. The van der Waals surface area contributed by atoms with E-state index >= 15 is 0 Å². The Bertz CT molecular complexity index is 760. The molecule has 2 aromatic rings. The van der Waals surface area contributed by atoms with Gasteiger partial charge in [-0.05, 0) is 55.5 Å². The summed E-state index contributed by atoms with van der Waals surface area (Å²) in [5, 5.41) is 3.06. The van der Waals surface area contributed by atoms with E-state index in [0.29, 0.717) is 30.3 Å². The summed E-state index contributed by atoms with van der Waals surface area (Å²) in [6.45, 7) is 13.4. The Labute approximate surface area is 162 Å². The third-order valence-electron chi connectivity index (χ3n) is 4.43. The first-order chi connectivity index (χ1) is 12.8. The van der Waals surface area contributed by atoms with Crippen LogP contribution in [0.2, 0.25) is 0 Å². The maximum absolute atomic E-state index is 12.7. The number of carbonyl (C=O) groups is 1. The number of ether oxygens (including phenoxy) is 2. The molecule has 1 amide bonds. The Hall–Kier alpha value is -2.49. The van der Waals surface area contributed by atoms with Gasteiger partial charge in [0, 0.05) is 5.56 Å². The zero-order valence-electron chi connectivity index (χ0n) is 17.3. The molecule has 0 spiro atoms.